The van der Waals surface area contributed by atoms with E-state index in [2.05, 4.69) is 22.1 Å². The maximum absolute atomic E-state index is 4.27. The molecule has 2 heterocycles. The standard InChI is InChI=1S/C12H12N2/c1-2-9-14-12(5-1)7-6-11-4-3-8-13-10-11/h1-5,8-10H,6-7H2. The highest BCUT2D eigenvalue weighted by molar-refractivity contribution is 5.12. The Morgan fingerprint density at radius 1 is 0.929 bits per heavy atom. The summed E-state index contributed by atoms with van der Waals surface area (Å²) in [6, 6.07) is 10.1. The van der Waals surface area contributed by atoms with Crippen molar-refractivity contribution in [3.63, 3.8) is 0 Å². The Kier molecular flexibility index (Phi) is 2.86. The van der Waals surface area contributed by atoms with Crippen molar-refractivity contribution in [1.82, 2.24) is 9.97 Å². The van der Waals surface area contributed by atoms with Crippen molar-refractivity contribution in [2.75, 3.05) is 0 Å². The molecule has 2 aromatic rings. The van der Waals surface area contributed by atoms with Crippen molar-refractivity contribution < 1.29 is 0 Å². The Morgan fingerprint density at radius 3 is 2.64 bits per heavy atom. The van der Waals surface area contributed by atoms with E-state index in [-0.39, 0.29) is 0 Å². The van der Waals surface area contributed by atoms with Gasteiger partial charge >= 0.3 is 0 Å². The summed E-state index contributed by atoms with van der Waals surface area (Å²) < 4.78 is 0. The van der Waals surface area contributed by atoms with E-state index >= 15 is 0 Å². The second kappa shape index (κ2) is 4.51. The van der Waals surface area contributed by atoms with Crippen molar-refractivity contribution in [3.8, 4) is 0 Å². The van der Waals surface area contributed by atoms with E-state index in [1.165, 1.54) is 5.56 Å². The van der Waals surface area contributed by atoms with Crippen molar-refractivity contribution in [3.05, 3.63) is 60.2 Å². The van der Waals surface area contributed by atoms with Gasteiger partial charge in [-0.15, -0.1) is 0 Å². The summed E-state index contributed by atoms with van der Waals surface area (Å²) in [5.74, 6) is 0. The Morgan fingerprint density at radius 2 is 1.93 bits per heavy atom. The van der Waals surface area contributed by atoms with E-state index in [0.29, 0.717) is 0 Å². The molecule has 2 nitrogen and oxygen atoms in total. The van der Waals surface area contributed by atoms with Gasteiger partial charge in [-0.3, -0.25) is 9.97 Å². The van der Waals surface area contributed by atoms with Crippen LogP contribution in [0, 0.1) is 0 Å². The highest BCUT2D eigenvalue weighted by Gasteiger charge is 1.95. The summed E-state index contributed by atoms with van der Waals surface area (Å²) in [6.45, 7) is 0. The van der Waals surface area contributed by atoms with Gasteiger partial charge in [0.25, 0.3) is 0 Å². The third-order valence-electron chi connectivity index (χ3n) is 2.12. The zero-order valence-corrected chi connectivity index (χ0v) is 7.93. The van der Waals surface area contributed by atoms with E-state index in [4.69, 9.17) is 0 Å². The normalized spacial score (nSPS) is 10.0. The first-order valence-electron chi connectivity index (χ1n) is 4.74. The van der Waals surface area contributed by atoms with E-state index in [1.807, 2.05) is 30.6 Å². The molecule has 0 aliphatic heterocycles. The highest BCUT2D eigenvalue weighted by atomic mass is 14.7. The summed E-state index contributed by atoms with van der Waals surface area (Å²) in [5.41, 5.74) is 2.40. The molecule has 0 radical (unpaired) electrons. The lowest BCUT2D eigenvalue weighted by Crippen LogP contribution is -1.93. The molecule has 0 N–H and O–H groups in total. The van der Waals surface area contributed by atoms with Crippen LogP contribution in [0.25, 0.3) is 0 Å². The summed E-state index contributed by atoms with van der Waals surface area (Å²) in [6.07, 6.45) is 7.52. The van der Waals surface area contributed by atoms with Crippen LogP contribution in [0.1, 0.15) is 11.3 Å². The molecule has 0 atom stereocenters. The molecule has 0 aromatic carbocycles. The largest absolute Gasteiger partial charge is 0.264 e. The van der Waals surface area contributed by atoms with Gasteiger partial charge < -0.3 is 0 Å². The molecule has 0 amide bonds. The molecule has 0 saturated carbocycles. The predicted octanol–water partition coefficient (Wildman–Crippen LogP) is 2.26. The molecule has 14 heavy (non-hydrogen) atoms. The number of aromatic nitrogens is 2. The maximum atomic E-state index is 4.27. The van der Waals surface area contributed by atoms with Gasteiger partial charge in [0.05, 0.1) is 0 Å². The fraction of sp³-hybridized carbons (Fsp3) is 0.167. The first-order chi connectivity index (χ1) is 6.95. The number of hydrogen-bond acceptors (Lipinski definition) is 2. The lowest BCUT2D eigenvalue weighted by atomic mass is 10.1. The van der Waals surface area contributed by atoms with Crippen LogP contribution in [0.5, 0.6) is 0 Å². The third-order valence-corrected chi connectivity index (χ3v) is 2.12. The van der Waals surface area contributed by atoms with E-state index < -0.39 is 0 Å². The number of rotatable bonds is 3. The van der Waals surface area contributed by atoms with Crippen molar-refractivity contribution in [1.29, 1.82) is 0 Å². The molecular weight excluding hydrogens is 172 g/mol. The summed E-state index contributed by atoms with van der Waals surface area (Å²) in [7, 11) is 0. The second-order valence-corrected chi connectivity index (χ2v) is 3.18. The van der Waals surface area contributed by atoms with Crippen LogP contribution in [0.4, 0.5) is 0 Å². The van der Waals surface area contributed by atoms with E-state index in [9.17, 15) is 0 Å². The molecule has 2 aromatic heterocycles. The van der Waals surface area contributed by atoms with Crippen molar-refractivity contribution in [2.45, 2.75) is 12.8 Å². The van der Waals surface area contributed by atoms with Gasteiger partial charge in [0.1, 0.15) is 0 Å². The summed E-state index contributed by atoms with van der Waals surface area (Å²) >= 11 is 0. The van der Waals surface area contributed by atoms with Crippen LogP contribution in [-0.2, 0) is 12.8 Å². The molecule has 0 unspecified atom stereocenters. The van der Waals surface area contributed by atoms with Gasteiger partial charge in [0.15, 0.2) is 0 Å². The van der Waals surface area contributed by atoms with E-state index in [0.717, 1.165) is 18.5 Å². The van der Waals surface area contributed by atoms with Crippen LogP contribution < -0.4 is 0 Å². The molecular formula is C12H12N2. The quantitative estimate of drug-likeness (QED) is 0.731. The zero-order valence-electron chi connectivity index (χ0n) is 7.93. The molecule has 70 valence electrons. The molecule has 0 spiro atoms. The molecule has 0 fully saturated rings. The minimum Gasteiger partial charge on any atom is -0.264 e. The average molecular weight is 184 g/mol. The SMILES string of the molecule is c1ccc(CCc2cccnc2)nc1. The van der Waals surface area contributed by atoms with Gasteiger partial charge in [-0.1, -0.05) is 12.1 Å². The second-order valence-electron chi connectivity index (χ2n) is 3.18. The fourth-order valence-corrected chi connectivity index (χ4v) is 1.36. The Labute approximate surface area is 83.7 Å². The minimum atomic E-state index is 0.979. The lowest BCUT2D eigenvalue weighted by Gasteiger charge is -1.99. The van der Waals surface area contributed by atoms with Crippen LogP contribution in [0.15, 0.2) is 48.9 Å². The number of hydrogen-bond donors (Lipinski definition) is 0. The smallest absolute Gasteiger partial charge is 0.0406 e. The van der Waals surface area contributed by atoms with Crippen LogP contribution in [-0.4, -0.2) is 9.97 Å². The van der Waals surface area contributed by atoms with E-state index in [1.54, 1.807) is 6.20 Å². The number of nitrogens with zero attached hydrogens (tertiary/aromatic N) is 2. The topological polar surface area (TPSA) is 25.8 Å². The van der Waals surface area contributed by atoms with Crippen LogP contribution >= 0.6 is 0 Å². The molecule has 0 saturated heterocycles. The van der Waals surface area contributed by atoms with Crippen molar-refractivity contribution in [2.24, 2.45) is 0 Å². The Hall–Kier alpha value is -1.70. The minimum absolute atomic E-state index is 0.979. The van der Waals surface area contributed by atoms with Crippen molar-refractivity contribution >= 4 is 0 Å². The van der Waals surface area contributed by atoms with Gasteiger partial charge in [-0.2, -0.15) is 0 Å². The zero-order chi connectivity index (χ0) is 9.64. The Balaban J connectivity index is 1.96. The maximum Gasteiger partial charge on any atom is 0.0406 e. The van der Waals surface area contributed by atoms with Crippen LogP contribution in [0.3, 0.4) is 0 Å². The Bertz CT molecular complexity index is 331. The van der Waals surface area contributed by atoms with Gasteiger partial charge in [-0.05, 0) is 36.6 Å². The highest BCUT2D eigenvalue weighted by Crippen LogP contribution is 2.02. The van der Waals surface area contributed by atoms with Crippen LogP contribution in [0.2, 0.25) is 0 Å². The van der Waals surface area contributed by atoms with Gasteiger partial charge in [0, 0.05) is 24.3 Å². The molecule has 0 bridgehead atoms. The first-order valence-corrected chi connectivity index (χ1v) is 4.74. The number of aryl methyl sites for hydroxylation is 2. The number of pyridine rings is 2. The fourth-order valence-electron chi connectivity index (χ4n) is 1.36. The monoisotopic (exact) mass is 184 g/mol. The third kappa shape index (κ3) is 2.39. The molecule has 2 heteroatoms. The average Bonchev–Trinajstić information content (AvgIpc) is 2.29. The lowest BCUT2D eigenvalue weighted by molar-refractivity contribution is 0.907. The predicted molar refractivity (Wildman–Crippen MR) is 55.9 cm³/mol. The molecule has 2 rings (SSSR count). The summed E-state index contributed by atoms with van der Waals surface area (Å²) in [4.78, 5) is 8.35. The van der Waals surface area contributed by atoms with Gasteiger partial charge in [-0.25, -0.2) is 0 Å². The molecule has 0 aliphatic carbocycles. The van der Waals surface area contributed by atoms with Gasteiger partial charge in [0.2, 0.25) is 0 Å². The first kappa shape index (κ1) is 8.88. The molecule has 0 aliphatic rings. The summed E-state index contributed by atoms with van der Waals surface area (Å²) in [5, 5.41) is 0.